The minimum Gasteiger partial charge on any atom is -0.493 e. The first-order valence-electron chi connectivity index (χ1n) is 8.24. The van der Waals surface area contributed by atoms with Crippen molar-refractivity contribution in [3.63, 3.8) is 0 Å². The van der Waals surface area contributed by atoms with Gasteiger partial charge in [0.2, 0.25) is 6.79 Å². The molecule has 1 aliphatic heterocycles. The van der Waals surface area contributed by atoms with Crippen molar-refractivity contribution >= 4 is 28.1 Å². The number of hydrogen-bond donors (Lipinski definition) is 1. The summed E-state index contributed by atoms with van der Waals surface area (Å²) in [5.74, 6) is 1.91. The van der Waals surface area contributed by atoms with Crippen LogP contribution in [0.15, 0.2) is 39.9 Å². The Labute approximate surface area is 170 Å². The third-order valence-corrected chi connectivity index (χ3v) is 4.61. The van der Waals surface area contributed by atoms with E-state index in [2.05, 4.69) is 26.5 Å². The van der Waals surface area contributed by atoms with Crippen molar-refractivity contribution in [2.45, 2.75) is 6.10 Å². The van der Waals surface area contributed by atoms with Crippen molar-refractivity contribution in [3.8, 4) is 23.0 Å². The van der Waals surface area contributed by atoms with Crippen molar-refractivity contribution in [3.05, 3.63) is 45.9 Å². The number of fused-ring (bicyclic) bond motifs is 1. The Kier molecular flexibility index (Phi) is 6.37. The minimum absolute atomic E-state index is 0.161. The highest BCUT2D eigenvalue weighted by molar-refractivity contribution is 9.10. The summed E-state index contributed by atoms with van der Waals surface area (Å²) in [6, 6.07) is 8.73. The van der Waals surface area contributed by atoms with Gasteiger partial charge in [0.25, 0.3) is 5.91 Å². The molecule has 1 N–H and O–H groups in total. The number of nitrogens with one attached hydrogen (secondary N) is 1. The molecule has 1 amide bonds. The molecule has 0 fully saturated rings. The second kappa shape index (κ2) is 8.94. The number of rotatable bonds is 7. The zero-order chi connectivity index (χ0) is 20.1. The first-order chi connectivity index (χ1) is 13.6. The predicted octanol–water partition coefficient (Wildman–Crippen LogP) is 3.03. The van der Waals surface area contributed by atoms with E-state index >= 15 is 0 Å². The van der Waals surface area contributed by atoms with Crippen LogP contribution in [0.3, 0.4) is 0 Å². The van der Waals surface area contributed by atoms with Crippen molar-refractivity contribution in [1.29, 1.82) is 0 Å². The number of nitrogens with zero attached hydrogens (tertiary/aromatic N) is 1. The van der Waals surface area contributed by atoms with Crippen LogP contribution >= 0.6 is 15.9 Å². The van der Waals surface area contributed by atoms with E-state index in [9.17, 15) is 4.79 Å². The summed E-state index contributed by atoms with van der Waals surface area (Å²) in [5.41, 5.74) is 3.82. The molecule has 1 unspecified atom stereocenters. The van der Waals surface area contributed by atoms with Crippen molar-refractivity contribution in [1.82, 2.24) is 5.43 Å². The number of carbonyl (C=O) groups excluding carboxylic acids is 1. The van der Waals surface area contributed by atoms with Crippen LogP contribution in [0.4, 0.5) is 0 Å². The molecule has 0 saturated heterocycles. The summed E-state index contributed by atoms with van der Waals surface area (Å²) in [4.78, 5) is 12.5. The van der Waals surface area contributed by atoms with Crippen LogP contribution in [-0.2, 0) is 9.53 Å². The van der Waals surface area contributed by atoms with E-state index in [1.54, 1.807) is 44.6 Å². The number of hydrazone groups is 1. The van der Waals surface area contributed by atoms with Gasteiger partial charge in [-0.3, -0.25) is 4.79 Å². The molecular weight excluding hydrogens is 432 g/mol. The van der Waals surface area contributed by atoms with Crippen LogP contribution in [0.5, 0.6) is 23.0 Å². The number of methoxy groups -OCH3 is 3. The maximum Gasteiger partial charge on any atom is 0.273 e. The average molecular weight is 451 g/mol. The third kappa shape index (κ3) is 4.20. The maximum absolute atomic E-state index is 12.5. The van der Waals surface area contributed by atoms with Crippen LogP contribution in [0.1, 0.15) is 17.2 Å². The zero-order valence-electron chi connectivity index (χ0n) is 15.5. The first-order valence-corrected chi connectivity index (χ1v) is 9.03. The monoisotopic (exact) mass is 450 g/mol. The van der Waals surface area contributed by atoms with Crippen LogP contribution in [0.25, 0.3) is 0 Å². The van der Waals surface area contributed by atoms with Gasteiger partial charge in [-0.15, -0.1) is 0 Å². The molecule has 3 rings (SSSR count). The fourth-order valence-electron chi connectivity index (χ4n) is 2.71. The SMILES string of the molecule is COc1cc(C=NNC(=O)C(OC)c2ccc3c(c2)OCO3)cc(Br)c1OC. The molecule has 0 spiro atoms. The van der Waals surface area contributed by atoms with Gasteiger partial charge in [-0.1, -0.05) is 6.07 Å². The first kappa shape index (κ1) is 20.0. The Hall–Kier alpha value is -2.78. The lowest BCUT2D eigenvalue weighted by Crippen LogP contribution is -2.26. The Morgan fingerprint density at radius 3 is 2.68 bits per heavy atom. The fraction of sp³-hybridized carbons (Fsp3) is 0.263. The number of ether oxygens (including phenoxy) is 5. The van der Waals surface area contributed by atoms with Gasteiger partial charge < -0.3 is 23.7 Å². The number of amides is 1. The fourth-order valence-corrected chi connectivity index (χ4v) is 3.33. The van der Waals surface area contributed by atoms with E-state index in [-0.39, 0.29) is 6.79 Å². The van der Waals surface area contributed by atoms with Gasteiger partial charge in [-0.2, -0.15) is 5.10 Å². The molecule has 1 aliphatic rings. The Morgan fingerprint density at radius 2 is 1.96 bits per heavy atom. The summed E-state index contributed by atoms with van der Waals surface area (Å²) >= 11 is 3.41. The molecule has 0 aliphatic carbocycles. The molecule has 0 radical (unpaired) electrons. The summed E-state index contributed by atoms with van der Waals surface area (Å²) in [6.07, 6.45) is 0.653. The predicted molar refractivity (Wildman–Crippen MR) is 105 cm³/mol. The molecule has 1 atom stereocenters. The lowest BCUT2D eigenvalue weighted by Gasteiger charge is -2.14. The quantitative estimate of drug-likeness (QED) is 0.515. The van der Waals surface area contributed by atoms with Crippen LogP contribution in [0, 0.1) is 0 Å². The van der Waals surface area contributed by atoms with Gasteiger partial charge in [0.1, 0.15) is 0 Å². The minimum atomic E-state index is -0.844. The standard InChI is InChI=1S/C19H19BrN2O6/c1-24-16-7-11(6-13(20)18(16)26-3)9-21-22-19(23)17(25-2)12-4-5-14-15(8-12)28-10-27-14/h4-9,17H,10H2,1-3H3,(H,22,23). The van der Waals surface area contributed by atoms with E-state index in [4.69, 9.17) is 23.7 Å². The zero-order valence-corrected chi connectivity index (χ0v) is 17.1. The lowest BCUT2D eigenvalue weighted by molar-refractivity contribution is -0.131. The highest BCUT2D eigenvalue weighted by Gasteiger charge is 2.23. The van der Waals surface area contributed by atoms with Crippen LogP contribution < -0.4 is 24.4 Å². The second-order valence-corrected chi connectivity index (χ2v) is 6.56. The van der Waals surface area contributed by atoms with Gasteiger partial charge in [-0.25, -0.2) is 5.43 Å². The Balaban J connectivity index is 1.71. The normalized spacial score (nSPS) is 13.4. The van der Waals surface area contributed by atoms with Gasteiger partial charge in [0.15, 0.2) is 29.1 Å². The summed E-state index contributed by atoms with van der Waals surface area (Å²) in [5, 5.41) is 4.00. The van der Waals surface area contributed by atoms with Crippen molar-refractivity contribution in [2.24, 2.45) is 5.10 Å². The number of carbonyl (C=O) groups is 1. The van der Waals surface area contributed by atoms with Gasteiger partial charge >= 0.3 is 0 Å². The molecular formula is C19H19BrN2O6. The highest BCUT2D eigenvalue weighted by atomic mass is 79.9. The van der Waals surface area contributed by atoms with Crippen LogP contribution in [0.2, 0.25) is 0 Å². The smallest absolute Gasteiger partial charge is 0.273 e. The van der Waals surface area contributed by atoms with Crippen molar-refractivity contribution in [2.75, 3.05) is 28.1 Å². The second-order valence-electron chi connectivity index (χ2n) is 5.70. The number of hydrogen-bond acceptors (Lipinski definition) is 7. The molecule has 0 bridgehead atoms. The average Bonchev–Trinajstić information content (AvgIpc) is 3.16. The molecule has 0 aromatic heterocycles. The molecule has 148 valence electrons. The van der Waals surface area contributed by atoms with E-state index in [0.717, 1.165) is 0 Å². The Bertz CT molecular complexity index is 902. The van der Waals surface area contributed by atoms with Crippen molar-refractivity contribution < 1.29 is 28.5 Å². The number of benzene rings is 2. The summed E-state index contributed by atoms with van der Waals surface area (Å²) in [6.45, 7) is 0.161. The maximum atomic E-state index is 12.5. The van der Waals surface area contributed by atoms with E-state index in [1.165, 1.54) is 13.3 Å². The molecule has 8 nitrogen and oxygen atoms in total. The molecule has 28 heavy (non-hydrogen) atoms. The summed E-state index contributed by atoms with van der Waals surface area (Å²) in [7, 11) is 4.54. The third-order valence-electron chi connectivity index (χ3n) is 4.02. The molecule has 0 saturated carbocycles. The van der Waals surface area contributed by atoms with E-state index in [0.29, 0.717) is 38.6 Å². The largest absolute Gasteiger partial charge is 0.493 e. The molecule has 9 heteroatoms. The van der Waals surface area contributed by atoms with E-state index < -0.39 is 12.0 Å². The van der Waals surface area contributed by atoms with Crippen LogP contribution in [-0.4, -0.2) is 40.2 Å². The van der Waals surface area contributed by atoms with Gasteiger partial charge in [0.05, 0.1) is 24.9 Å². The molecule has 2 aromatic rings. The molecule has 2 aromatic carbocycles. The highest BCUT2D eigenvalue weighted by Crippen LogP contribution is 2.36. The Morgan fingerprint density at radius 1 is 1.18 bits per heavy atom. The molecule has 1 heterocycles. The van der Waals surface area contributed by atoms with E-state index in [1.807, 2.05) is 0 Å². The lowest BCUT2D eigenvalue weighted by atomic mass is 10.1. The van der Waals surface area contributed by atoms with Gasteiger partial charge in [-0.05, 0) is 51.3 Å². The number of halogens is 1. The summed E-state index contributed by atoms with van der Waals surface area (Å²) < 4.78 is 27.2. The van der Waals surface area contributed by atoms with Gasteiger partial charge in [0, 0.05) is 7.11 Å². The topological polar surface area (TPSA) is 87.6 Å².